The predicted octanol–water partition coefficient (Wildman–Crippen LogP) is 4.01. The van der Waals surface area contributed by atoms with Gasteiger partial charge in [-0.05, 0) is 30.2 Å². The van der Waals surface area contributed by atoms with Crippen LogP contribution in [0.1, 0.15) is 18.9 Å². The minimum absolute atomic E-state index is 0.626. The summed E-state index contributed by atoms with van der Waals surface area (Å²) < 4.78 is 5.73. The first-order valence-electron chi connectivity index (χ1n) is 6.07. The van der Waals surface area contributed by atoms with E-state index in [0.29, 0.717) is 12.2 Å². The zero-order valence-electron chi connectivity index (χ0n) is 10.4. The quantitative estimate of drug-likeness (QED) is 0.804. The van der Waals surface area contributed by atoms with E-state index >= 15 is 0 Å². The largest absolute Gasteiger partial charge is 0.493 e. The Morgan fingerprint density at radius 3 is 2.56 bits per heavy atom. The molecule has 18 heavy (non-hydrogen) atoms. The summed E-state index contributed by atoms with van der Waals surface area (Å²) in [4.78, 5) is 0. The number of hydrogen-bond donors (Lipinski definition) is 0. The molecule has 0 heterocycles. The number of ether oxygens (including phenoxy) is 1. The van der Waals surface area contributed by atoms with Gasteiger partial charge >= 0.3 is 0 Å². The van der Waals surface area contributed by atoms with Crippen molar-refractivity contribution in [1.82, 2.24) is 0 Å². The summed E-state index contributed by atoms with van der Waals surface area (Å²) in [5, 5.41) is 8.94. The van der Waals surface area contributed by atoms with E-state index in [9.17, 15) is 0 Å². The molecule has 0 fully saturated rings. The van der Waals surface area contributed by atoms with Crippen molar-refractivity contribution in [3.63, 3.8) is 0 Å². The first-order chi connectivity index (χ1) is 8.85. The Labute approximate surface area is 107 Å². The number of nitrogens with zero attached hydrogens (tertiary/aromatic N) is 1. The van der Waals surface area contributed by atoms with Crippen molar-refractivity contribution in [2.45, 2.75) is 13.3 Å². The SMILES string of the molecule is CCCOc1cc(C#N)ccc1-c1ccccc1. The standard InChI is InChI=1S/C16H15NO/c1-2-10-18-16-11-13(12-17)8-9-15(16)14-6-4-3-5-7-14/h3-9,11H,2,10H2,1H3. The summed E-state index contributed by atoms with van der Waals surface area (Å²) in [5.74, 6) is 0.780. The lowest BCUT2D eigenvalue weighted by molar-refractivity contribution is 0.318. The van der Waals surface area contributed by atoms with Crippen molar-refractivity contribution in [2.24, 2.45) is 0 Å². The smallest absolute Gasteiger partial charge is 0.128 e. The monoisotopic (exact) mass is 237 g/mol. The molecule has 0 spiro atoms. The number of rotatable bonds is 4. The van der Waals surface area contributed by atoms with E-state index in [1.165, 1.54) is 0 Å². The second-order valence-corrected chi connectivity index (χ2v) is 4.04. The van der Waals surface area contributed by atoms with Gasteiger partial charge in [0, 0.05) is 5.56 Å². The maximum atomic E-state index is 8.94. The first-order valence-corrected chi connectivity index (χ1v) is 6.07. The predicted molar refractivity (Wildman–Crippen MR) is 72.4 cm³/mol. The lowest BCUT2D eigenvalue weighted by atomic mass is 10.0. The second kappa shape index (κ2) is 5.88. The lowest BCUT2D eigenvalue weighted by Gasteiger charge is -2.11. The minimum atomic E-state index is 0.626. The number of hydrogen-bond acceptors (Lipinski definition) is 2. The van der Waals surface area contributed by atoms with Gasteiger partial charge in [0.05, 0.1) is 18.2 Å². The highest BCUT2D eigenvalue weighted by molar-refractivity contribution is 5.71. The third-order valence-corrected chi connectivity index (χ3v) is 2.66. The molecule has 0 atom stereocenters. The van der Waals surface area contributed by atoms with Crippen LogP contribution in [0.25, 0.3) is 11.1 Å². The van der Waals surface area contributed by atoms with Crippen LogP contribution in [-0.4, -0.2) is 6.61 Å². The fourth-order valence-corrected chi connectivity index (χ4v) is 1.78. The Hall–Kier alpha value is -2.27. The fourth-order valence-electron chi connectivity index (χ4n) is 1.78. The van der Waals surface area contributed by atoms with Crippen LogP contribution in [0.3, 0.4) is 0 Å². The summed E-state index contributed by atoms with van der Waals surface area (Å²) in [7, 11) is 0. The van der Waals surface area contributed by atoms with Crippen molar-refractivity contribution in [1.29, 1.82) is 5.26 Å². The molecule has 2 nitrogen and oxygen atoms in total. The molecular formula is C16H15NO. The molecule has 0 unspecified atom stereocenters. The van der Waals surface area contributed by atoms with Crippen LogP contribution >= 0.6 is 0 Å². The van der Waals surface area contributed by atoms with E-state index in [2.05, 4.69) is 13.0 Å². The van der Waals surface area contributed by atoms with E-state index < -0.39 is 0 Å². The highest BCUT2D eigenvalue weighted by Gasteiger charge is 2.07. The van der Waals surface area contributed by atoms with Crippen LogP contribution < -0.4 is 4.74 Å². The van der Waals surface area contributed by atoms with E-state index in [0.717, 1.165) is 23.3 Å². The third kappa shape index (κ3) is 2.70. The van der Waals surface area contributed by atoms with Crippen LogP contribution in [0.15, 0.2) is 48.5 Å². The summed E-state index contributed by atoms with van der Waals surface area (Å²) >= 11 is 0. The lowest BCUT2D eigenvalue weighted by Crippen LogP contribution is -1.97. The number of nitriles is 1. The molecular weight excluding hydrogens is 222 g/mol. The molecule has 90 valence electrons. The van der Waals surface area contributed by atoms with E-state index in [-0.39, 0.29) is 0 Å². The van der Waals surface area contributed by atoms with Gasteiger partial charge in [0.1, 0.15) is 5.75 Å². The molecule has 0 N–H and O–H groups in total. The van der Waals surface area contributed by atoms with Crippen LogP contribution in [0, 0.1) is 11.3 Å². The molecule has 0 aliphatic carbocycles. The Balaban J connectivity index is 2.43. The van der Waals surface area contributed by atoms with Gasteiger partial charge < -0.3 is 4.74 Å². The Morgan fingerprint density at radius 2 is 1.89 bits per heavy atom. The first kappa shape index (κ1) is 12.2. The molecule has 0 saturated heterocycles. The number of benzene rings is 2. The summed E-state index contributed by atoms with van der Waals surface area (Å²) in [6.45, 7) is 2.73. The van der Waals surface area contributed by atoms with Crippen molar-refractivity contribution < 1.29 is 4.74 Å². The molecule has 2 aromatic rings. The minimum Gasteiger partial charge on any atom is -0.493 e. The molecule has 0 aromatic heterocycles. The fraction of sp³-hybridized carbons (Fsp3) is 0.188. The Morgan fingerprint density at radius 1 is 1.11 bits per heavy atom. The maximum absolute atomic E-state index is 8.94. The molecule has 0 aliphatic rings. The van der Waals surface area contributed by atoms with Crippen molar-refractivity contribution in [3.05, 3.63) is 54.1 Å². The van der Waals surface area contributed by atoms with E-state index in [1.54, 1.807) is 6.07 Å². The van der Waals surface area contributed by atoms with Gasteiger partial charge in [-0.15, -0.1) is 0 Å². The van der Waals surface area contributed by atoms with Gasteiger partial charge in [0.25, 0.3) is 0 Å². The van der Waals surface area contributed by atoms with Crippen LogP contribution in [0.5, 0.6) is 5.75 Å². The topological polar surface area (TPSA) is 33.0 Å². The zero-order valence-corrected chi connectivity index (χ0v) is 10.4. The molecule has 0 saturated carbocycles. The van der Waals surface area contributed by atoms with Crippen LogP contribution in [0.4, 0.5) is 0 Å². The average Bonchev–Trinajstić information content (AvgIpc) is 2.45. The highest BCUT2D eigenvalue weighted by Crippen LogP contribution is 2.30. The molecule has 0 amide bonds. The van der Waals surface area contributed by atoms with Crippen LogP contribution in [-0.2, 0) is 0 Å². The summed E-state index contributed by atoms with van der Waals surface area (Å²) in [5.41, 5.74) is 2.76. The van der Waals surface area contributed by atoms with Gasteiger partial charge in [-0.3, -0.25) is 0 Å². The van der Waals surface area contributed by atoms with Crippen molar-refractivity contribution >= 4 is 0 Å². The normalized spacial score (nSPS) is 9.78. The van der Waals surface area contributed by atoms with Crippen LogP contribution in [0.2, 0.25) is 0 Å². The zero-order chi connectivity index (χ0) is 12.8. The molecule has 2 heteroatoms. The molecule has 2 aromatic carbocycles. The maximum Gasteiger partial charge on any atom is 0.128 e. The average molecular weight is 237 g/mol. The van der Waals surface area contributed by atoms with Gasteiger partial charge in [-0.25, -0.2) is 0 Å². The molecule has 2 rings (SSSR count). The van der Waals surface area contributed by atoms with Gasteiger partial charge in [-0.1, -0.05) is 37.3 Å². The van der Waals surface area contributed by atoms with E-state index in [4.69, 9.17) is 10.00 Å². The van der Waals surface area contributed by atoms with Gasteiger partial charge in [0.15, 0.2) is 0 Å². The molecule has 0 aliphatic heterocycles. The van der Waals surface area contributed by atoms with Gasteiger partial charge in [0.2, 0.25) is 0 Å². The van der Waals surface area contributed by atoms with Gasteiger partial charge in [-0.2, -0.15) is 5.26 Å². The molecule has 0 bridgehead atoms. The third-order valence-electron chi connectivity index (χ3n) is 2.66. The summed E-state index contributed by atoms with van der Waals surface area (Å²) in [6, 6.07) is 17.8. The Bertz CT molecular complexity index is 555. The summed E-state index contributed by atoms with van der Waals surface area (Å²) in [6.07, 6.45) is 0.949. The van der Waals surface area contributed by atoms with Crippen molar-refractivity contribution in [2.75, 3.05) is 6.61 Å². The second-order valence-electron chi connectivity index (χ2n) is 4.04. The molecule has 0 radical (unpaired) electrons. The van der Waals surface area contributed by atoms with Crippen molar-refractivity contribution in [3.8, 4) is 22.9 Å². The van der Waals surface area contributed by atoms with E-state index in [1.807, 2.05) is 42.5 Å². The Kier molecular flexibility index (Phi) is 3.98. The highest BCUT2D eigenvalue weighted by atomic mass is 16.5.